The van der Waals surface area contributed by atoms with Crippen LogP contribution in [0.25, 0.3) is 0 Å². The van der Waals surface area contributed by atoms with E-state index >= 15 is 0 Å². The van der Waals surface area contributed by atoms with Crippen LogP contribution in [-0.4, -0.2) is 11.7 Å². The average molecular weight is 249 g/mol. The van der Waals surface area contributed by atoms with Gasteiger partial charge in [-0.25, -0.2) is 7.05 Å². The van der Waals surface area contributed by atoms with E-state index in [1.54, 1.807) is 24.3 Å². The summed E-state index contributed by atoms with van der Waals surface area (Å²) in [5, 5.41) is 0. The van der Waals surface area contributed by atoms with Crippen LogP contribution in [0.3, 0.4) is 0 Å². The maximum Gasteiger partial charge on any atom is 0.269 e. The van der Waals surface area contributed by atoms with Crippen LogP contribution in [0, 0.1) is 7.05 Å². The van der Waals surface area contributed by atoms with Gasteiger partial charge in [-0.1, -0.05) is 12.1 Å². The molecule has 1 aromatic carbocycles. The third-order valence-corrected chi connectivity index (χ3v) is 1.88. The van der Waals surface area contributed by atoms with E-state index in [-0.39, 0.29) is 32.7 Å². The summed E-state index contributed by atoms with van der Waals surface area (Å²) in [4.78, 5) is 23.4. The summed E-state index contributed by atoms with van der Waals surface area (Å²) < 4.78 is 0. The van der Waals surface area contributed by atoms with E-state index in [0.29, 0.717) is 11.3 Å². The number of ketones is 1. The molecule has 13 heavy (non-hydrogen) atoms. The number of para-hydroxylation sites is 1. The van der Waals surface area contributed by atoms with Crippen LogP contribution in [0.1, 0.15) is 10.4 Å². The molecule has 0 spiro atoms. The Morgan fingerprint density at radius 1 is 1.15 bits per heavy atom. The summed E-state index contributed by atoms with van der Waals surface area (Å²) in [6.07, 6.45) is 0. The molecule has 0 saturated carbocycles. The number of carbonyl (C=O) groups is 2. The zero-order chi connectivity index (χ0) is 8.72. The van der Waals surface area contributed by atoms with Crippen molar-refractivity contribution in [3.63, 3.8) is 0 Å². The van der Waals surface area contributed by atoms with E-state index < -0.39 is 11.7 Å². The molecule has 2 rings (SSSR count). The number of benzene rings is 1. The van der Waals surface area contributed by atoms with Crippen LogP contribution in [0.2, 0.25) is 0 Å². The van der Waals surface area contributed by atoms with E-state index in [9.17, 15) is 9.59 Å². The zero-order valence-electron chi connectivity index (χ0n) is 6.86. The van der Waals surface area contributed by atoms with Crippen LogP contribution >= 0.6 is 0 Å². The van der Waals surface area contributed by atoms with Gasteiger partial charge in [-0.05, 0) is 12.1 Å². The van der Waals surface area contributed by atoms with Crippen molar-refractivity contribution in [3.8, 4) is 0 Å². The van der Waals surface area contributed by atoms with Gasteiger partial charge in [-0.3, -0.25) is 9.59 Å². The molecule has 4 heteroatoms. The second-order valence-electron chi connectivity index (χ2n) is 2.58. The maximum absolute atomic E-state index is 11.2. The van der Waals surface area contributed by atoms with Gasteiger partial charge < -0.3 is 4.90 Å². The van der Waals surface area contributed by atoms with Gasteiger partial charge >= 0.3 is 0 Å². The first-order chi connectivity index (χ1) is 5.72. The van der Waals surface area contributed by atoms with Gasteiger partial charge in [0, 0.05) is 44.0 Å². The Kier molecular flexibility index (Phi) is 2.99. The number of hydrogen-bond donors (Lipinski definition) is 0. The van der Waals surface area contributed by atoms with Crippen molar-refractivity contribution in [1.82, 2.24) is 0 Å². The Hall–Kier alpha value is -0.536. The monoisotopic (exact) mass is 249 g/mol. The number of rotatable bonds is 0. The molecule has 1 amide bonds. The number of amides is 1. The van der Waals surface area contributed by atoms with Crippen molar-refractivity contribution in [3.05, 3.63) is 36.9 Å². The van der Waals surface area contributed by atoms with Crippen molar-refractivity contribution in [1.29, 1.82) is 0 Å². The second-order valence-corrected chi connectivity index (χ2v) is 2.58. The normalized spacial score (nSPS) is 14.1. The summed E-state index contributed by atoms with van der Waals surface area (Å²) in [5.74, 6) is -1.03. The van der Waals surface area contributed by atoms with Gasteiger partial charge in [0.05, 0.1) is 0 Å². The summed E-state index contributed by atoms with van der Waals surface area (Å²) in [6.45, 7) is 0. The largest absolute Gasteiger partial charge is 0.460 e. The van der Waals surface area contributed by atoms with Crippen LogP contribution in [0.5, 0.6) is 0 Å². The van der Waals surface area contributed by atoms with E-state index in [2.05, 4.69) is 7.05 Å². The van der Waals surface area contributed by atoms with E-state index in [4.69, 9.17) is 0 Å². The van der Waals surface area contributed by atoms with Crippen molar-refractivity contribution < 1.29 is 42.3 Å². The molecule has 1 aliphatic heterocycles. The van der Waals surface area contributed by atoms with Gasteiger partial charge in [-0.2, -0.15) is 0 Å². The summed E-state index contributed by atoms with van der Waals surface area (Å²) in [5.41, 5.74) is 1.03. The predicted octanol–water partition coefficient (Wildman–Crippen LogP) is 1.00. The molecule has 0 atom stereocenters. The van der Waals surface area contributed by atoms with Crippen molar-refractivity contribution in [2.75, 3.05) is 4.90 Å². The maximum atomic E-state index is 11.2. The molecular weight excluding hydrogens is 243 g/mol. The van der Waals surface area contributed by atoms with Crippen molar-refractivity contribution in [2.45, 2.75) is 0 Å². The summed E-state index contributed by atoms with van der Waals surface area (Å²) in [6, 6.07) is 6.82. The molecule has 0 N–H and O–H groups in total. The predicted molar refractivity (Wildman–Crippen MR) is 43.6 cm³/mol. The smallest absolute Gasteiger partial charge is 0.269 e. The van der Waals surface area contributed by atoms with Gasteiger partial charge in [-0.15, -0.1) is 0 Å². The topological polar surface area (TPSA) is 37.4 Å². The van der Waals surface area contributed by atoms with Crippen molar-refractivity contribution in [2.24, 2.45) is 0 Å². The number of anilines is 1. The third-order valence-electron chi connectivity index (χ3n) is 1.88. The van der Waals surface area contributed by atoms with Gasteiger partial charge in [0.2, 0.25) is 5.78 Å². The molecule has 0 aromatic heterocycles. The number of nitrogens with zero attached hydrogens (tertiary/aromatic N) is 1. The van der Waals surface area contributed by atoms with Gasteiger partial charge in [0.25, 0.3) is 5.91 Å². The number of hydrogen-bond acceptors (Lipinski definition) is 2. The fraction of sp³-hybridized carbons (Fsp3) is 0. The Labute approximate surface area is 101 Å². The minimum absolute atomic E-state index is 0. The Balaban J connectivity index is 0.000000845. The van der Waals surface area contributed by atoms with Crippen LogP contribution in [0.15, 0.2) is 24.3 Å². The molecule has 0 bridgehead atoms. The quantitative estimate of drug-likeness (QED) is 0.508. The summed E-state index contributed by atoms with van der Waals surface area (Å²) >= 11 is 0. The van der Waals surface area contributed by atoms with Crippen molar-refractivity contribution >= 4 is 17.4 Å². The molecule has 0 aliphatic carbocycles. The van der Waals surface area contributed by atoms with Crippen LogP contribution in [-0.2, 0) is 37.5 Å². The van der Waals surface area contributed by atoms with E-state index in [1.807, 2.05) is 0 Å². The average Bonchev–Trinajstić information content (AvgIpc) is 2.33. The fourth-order valence-corrected chi connectivity index (χ4v) is 1.25. The van der Waals surface area contributed by atoms with Gasteiger partial charge in [0.15, 0.2) is 0 Å². The molecule has 0 saturated heterocycles. The standard InChI is InChI=1S/C9H6NO2.Y/c1-10-7-5-3-2-4-6(7)8(11)9(10)12;/h2-5H,1H2;/q-1;. The first kappa shape index (κ1) is 10.5. The Morgan fingerprint density at radius 3 is 2.38 bits per heavy atom. The van der Waals surface area contributed by atoms with E-state index in [1.165, 1.54) is 0 Å². The molecule has 0 unspecified atom stereocenters. The van der Waals surface area contributed by atoms with Crippen LogP contribution in [0.4, 0.5) is 5.69 Å². The fourth-order valence-electron chi connectivity index (χ4n) is 1.25. The van der Waals surface area contributed by atoms with Gasteiger partial charge in [0.1, 0.15) is 0 Å². The molecule has 3 nitrogen and oxygen atoms in total. The van der Waals surface area contributed by atoms with E-state index in [0.717, 1.165) is 4.90 Å². The number of carbonyl (C=O) groups excluding carboxylic acids is 2. The zero-order valence-corrected chi connectivity index (χ0v) is 9.70. The molecule has 1 aromatic rings. The third kappa shape index (κ3) is 1.47. The second kappa shape index (κ2) is 3.68. The Bertz CT molecular complexity index is 376. The SMILES string of the molecule is [CH2-]N1C(=O)C(=O)c2ccccc21.[Y]. The minimum Gasteiger partial charge on any atom is -0.460 e. The molecule has 63 valence electrons. The molecule has 1 heterocycles. The minimum atomic E-state index is -0.559. The first-order valence-electron chi connectivity index (χ1n) is 3.50. The molecule has 1 radical (unpaired) electrons. The first-order valence-corrected chi connectivity index (χ1v) is 3.50. The molecule has 0 fully saturated rings. The Morgan fingerprint density at radius 2 is 1.77 bits per heavy atom. The summed E-state index contributed by atoms with van der Waals surface area (Å²) in [7, 11) is 3.47. The molecule has 1 aliphatic rings. The number of Topliss-reactive ketones (excluding diaryl/α,β-unsaturated/α-hetero) is 1. The molecular formula is C9H6NO2Y-. The number of fused-ring (bicyclic) bond motifs is 1. The van der Waals surface area contributed by atoms with Crippen LogP contribution < -0.4 is 4.90 Å².